The van der Waals surface area contributed by atoms with Crippen LogP contribution in [0.15, 0.2) is 30.3 Å². The summed E-state index contributed by atoms with van der Waals surface area (Å²) in [5.74, 6) is 0. The summed E-state index contributed by atoms with van der Waals surface area (Å²) in [5, 5.41) is 10.6. The van der Waals surface area contributed by atoms with Gasteiger partial charge in [0.25, 0.3) is 0 Å². The van der Waals surface area contributed by atoms with E-state index in [1.807, 2.05) is 18.2 Å². The number of aryl methyl sites for hydroxylation is 1. The maximum Gasteiger partial charge on any atom is 0.0673 e. The number of fused-ring (bicyclic) bond motifs is 2. The van der Waals surface area contributed by atoms with E-state index in [0.717, 1.165) is 32.1 Å². The van der Waals surface area contributed by atoms with Gasteiger partial charge in [-0.05, 0) is 37.7 Å². The zero-order valence-corrected chi connectivity index (χ0v) is 11.3. The van der Waals surface area contributed by atoms with Gasteiger partial charge >= 0.3 is 0 Å². The van der Waals surface area contributed by atoms with Gasteiger partial charge in [0.15, 0.2) is 0 Å². The summed E-state index contributed by atoms with van der Waals surface area (Å²) in [6, 6.07) is 10.3. The Morgan fingerprint density at radius 3 is 2.68 bits per heavy atom. The molecule has 2 aliphatic heterocycles. The van der Waals surface area contributed by atoms with Crippen molar-refractivity contribution in [1.82, 2.24) is 0 Å². The van der Waals surface area contributed by atoms with Crippen LogP contribution < -0.4 is 5.73 Å². The number of benzene rings is 1. The molecule has 3 nitrogen and oxygen atoms in total. The minimum Gasteiger partial charge on any atom is -0.392 e. The number of nitrogens with two attached hydrogens (primary N) is 1. The molecule has 1 aromatic carbocycles. The van der Waals surface area contributed by atoms with Crippen LogP contribution in [0.5, 0.6) is 0 Å². The van der Waals surface area contributed by atoms with Gasteiger partial charge in [0, 0.05) is 12.0 Å². The van der Waals surface area contributed by atoms with Crippen molar-refractivity contribution in [2.75, 3.05) is 6.54 Å². The van der Waals surface area contributed by atoms with Crippen LogP contribution in [0, 0.1) is 5.41 Å². The first-order valence-electron chi connectivity index (χ1n) is 7.32. The van der Waals surface area contributed by atoms with Crippen molar-refractivity contribution in [2.24, 2.45) is 11.1 Å². The van der Waals surface area contributed by atoms with Crippen molar-refractivity contribution >= 4 is 0 Å². The molecule has 19 heavy (non-hydrogen) atoms. The third-order valence-electron chi connectivity index (χ3n) is 4.95. The van der Waals surface area contributed by atoms with Gasteiger partial charge in [-0.2, -0.15) is 0 Å². The van der Waals surface area contributed by atoms with Crippen molar-refractivity contribution in [2.45, 2.75) is 50.4 Å². The molecule has 0 spiro atoms. The lowest BCUT2D eigenvalue weighted by molar-refractivity contribution is -0.0282. The van der Waals surface area contributed by atoms with Crippen LogP contribution in [0.4, 0.5) is 0 Å². The van der Waals surface area contributed by atoms with Crippen LogP contribution in [-0.4, -0.2) is 30.0 Å². The van der Waals surface area contributed by atoms with E-state index in [4.69, 9.17) is 10.5 Å². The van der Waals surface area contributed by atoms with E-state index in [1.54, 1.807) is 0 Å². The lowest BCUT2D eigenvalue weighted by Gasteiger charge is -2.38. The van der Waals surface area contributed by atoms with Gasteiger partial charge in [-0.3, -0.25) is 0 Å². The third-order valence-corrected chi connectivity index (χ3v) is 4.95. The lowest BCUT2D eigenvalue weighted by Crippen LogP contribution is -2.49. The fourth-order valence-corrected chi connectivity index (χ4v) is 3.77. The van der Waals surface area contributed by atoms with Crippen LogP contribution >= 0.6 is 0 Å². The summed E-state index contributed by atoms with van der Waals surface area (Å²) in [6.07, 6.45) is 4.96. The molecule has 1 aromatic rings. The summed E-state index contributed by atoms with van der Waals surface area (Å²) in [7, 11) is 0. The highest BCUT2D eigenvalue weighted by molar-refractivity contribution is 5.15. The number of ether oxygens (including phenoxy) is 1. The molecule has 3 rings (SSSR count). The standard InChI is InChI=1S/C16H23NO2/c17-11-16(10-13-7-9-15(16)19-13)14(18)8-6-12-4-2-1-3-5-12/h1-5,13-15,18H,6-11,17H2. The predicted octanol–water partition coefficient (Wildman–Crippen LogP) is 1.88. The first kappa shape index (κ1) is 13.1. The Kier molecular flexibility index (Phi) is 3.61. The minimum absolute atomic E-state index is 0.174. The zero-order chi connectivity index (χ0) is 13.3. The largest absolute Gasteiger partial charge is 0.392 e. The van der Waals surface area contributed by atoms with Crippen molar-refractivity contribution in [3.63, 3.8) is 0 Å². The summed E-state index contributed by atoms with van der Waals surface area (Å²) in [4.78, 5) is 0. The predicted molar refractivity (Wildman–Crippen MR) is 74.8 cm³/mol. The normalized spacial score (nSPS) is 34.6. The smallest absolute Gasteiger partial charge is 0.0673 e. The van der Waals surface area contributed by atoms with Crippen LogP contribution in [0.2, 0.25) is 0 Å². The molecule has 0 radical (unpaired) electrons. The van der Waals surface area contributed by atoms with Gasteiger partial charge in [-0.1, -0.05) is 30.3 Å². The van der Waals surface area contributed by atoms with E-state index < -0.39 is 0 Å². The number of hydrogen-bond acceptors (Lipinski definition) is 3. The summed E-state index contributed by atoms with van der Waals surface area (Å²) in [5.41, 5.74) is 7.06. The van der Waals surface area contributed by atoms with Crippen molar-refractivity contribution < 1.29 is 9.84 Å². The highest BCUT2D eigenvalue weighted by Gasteiger charge is 2.55. The topological polar surface area (TPSA) is 55.5 Å². The highest BCUT2D eigenvalue weighted by Crippen LogP contribution is 2.49. The number of hydrogen-bond donors (Lipinski definition) is 2. The average Bonchev–Trinajstić information content (AvgIpc) is 3.06. The van der Waals surface area contributed by atoms with E-state index >= 15 is 0 Å². The first-order chi connectivity index (χ1) is 9.24. The Hall–Kier alpha value is -0.900. The molecule has 2 bridgehead atoms. The molecule has 2 heterocycles. The Labute approximate surface area is 114 Å². The van der Waals surface area contributed by atoms with Gasteiger partial charge in [-0.25, -0.2) is 0 Å². The first-order valence-corrected chi connectivity index (χ1v) is 7.32. The number of aliphatic hydroxyl groups excluding tert-OH is 1. The fraction of sp³-hybridized carbons (Fsp3) is 0.625. The molecule has 3 N–H and O–H groups in total. The molecule has 0 aromatic heterocycles. The van der Waals surface area contributed by atoms with Gasteiger partial charge < -0.3 is 15.6 Å². The molecule has 0 saturated carbocycles. The van der Waals surface area contributed by atoms with Crippen molar-refractivity contribution in [1.29, 1.82) is 0 Å². The second-order valence-corrected chi connectivity index (χ2v) is 6.01. The Morgan fingerprint density at radius 2 is 2.11 bits per heavy atom. The average molecular weight is 261 g/mol. The van der Waals surface area contributed by atoms with Crippen molar-refractivity contribution in [3.8, 4) is 0 Å². The Bertz CT molecular complexity index is 422. The molecule has 2 fully saturated rings. The van der Waals surface area contributed by atoms with E-state index in [2.05, 4.69) is 12.1 Å². The lowest BCUT2D eigenvalue weighted by atomic mass is 9.69. The van der Waals surface area contributed by atoms with Crippen LogP contribution in [0.3, 0.4) is 0 Å². The SMILES string of the molecule is NCC1(C(O)CCc2ccccc2)CC2CCC1O2. The quantitative estimate of drug-likeness (QED) is 0.851. The maximum atomic E-state index is 10.6. The fourth-order valence-electron chi connectivity index (χ4n) is 3.77. The van der Waals surface area contributed by atoms with Crippen LogP contribution in [0.1, 0.15) is 31.2 Å². The molecule has 4 atom stereocenters. The molecule has 0 amide bonds. The highest BCUT2D eigenvalue weighted by atomic mass is 16.5. The van der Waals surface area contributed by atoms with Crippen LogP contribution in [-0.2, 0) is 11.2 Å². The van der Waals surface area contributed by atoms with Gasteiger partial charge in [0.05, 0.1) is 18.3 Å². The van der Waals surface area contributed by atoms with E-state index in [0.29, 0.717) is 12.6 Å². The molecule has 4 unspecified atom stereocenters. The third kappa shape index (κ3) is 2.31. The molecule has 104 valence electrons. The minimum atomic E-state index is -0.354. The van der Waals surface area contributed by atoms with Crippen molar-refractivity contribution in [3.05, 3.63) is 35.9 Å². The number of aliphatic hydroxyl groups is 1. The number of rotatable bonds is 5. The van der Waals surface area contributed by atoms with Crippen LogP contribution in [0.25, 0.3) is 0 Å². The van der Waals surface area contributed by atoms with E-state index in [9.17, 15) is 5.11 Å². The molecular weight excluding hydrogens is 238 g/mol. The van der Waals surface area contributed by atoms with Gasteiger partial charge in [0.1, 0.15) is 0 Å². The second kappa shape index (κ2) is 5.23. The molecule has 3 heteroatoms. The molecule has 2 aliphatic rings. The molecule has 2 saturated heterocycles. The monoisotopic (exact) mass is 261 g/mol. The maximum absolute atomic E-state index is 10.6. The Morgan fingerprint density at radius 1 is 1.32 bits per heavy atom. The Balaban J connectivity index is 1.64. The van der Waals surface area contributed by atoms with Gasteiger partial charge in [0.2, 0.25) is 0 Å². The summed E-state index contributed by atoms with van der Waals surface area (Å²) < 4.78 is 5.91. The summed E-state index contributed by atoms with van der Waals surface area (Å²) in [6.45, 7) is 0.532. The molecule has 0 aliphatic carbocycles. The zero-order valence-electron chi connectivity index (χ0n) is 11.3. The second-order valence-electron chi connectivity index (χ2n) is 6.01. The van der Waals surface area contributed by atoms with E-state index in [-0.39, 0.29) is 17.6 Å². The molecular formula is C16H23NO2. The summed E-state index contributed by atoms with van der Waals surface area (Å²) >= 11 is 0. The van der Waals surface area contributed by atoms with E-state index in [1.165, 1.54) is 5.56 Å². The van der Waals surface area contributed by atoms with Gasteiger partial charge in [-0.15, -0.1) is 0 Å².